The van der Waals surface area contributed by atoms with Crippen LogP contribution < -0.4 is 19.6 Å². The Hall–Kier alpha value is -2.52. The number of rotatable bonds is 2. The van der Waals surface area contributed by atoms with Crippen LogP contribution in [0.15, 0.2) is 9.26 Å². The topological polar surface area (TPSA) is 112 Å². The van der Waals surface area contributed by atoms with E-state index >= 15 is 0 Å². The average Bonchev–Trinajstić information content (AvgIpc) is 2.96. The van der Waals surface area contributed by atoms with Gasteiger partial charge in [-0.3, -0.25) is 9.26 Å². The van der Waals surface area contributed by atoms with Gasteiger partial charge in [0.2, 0.25) is 11.4 Å². The lowest BCUT2D eigenvalue weighted by Crippen LogP contribution is -2.47. The lowest BCUT2D eigenvalue weighted by Gasteiger charge is -2.31. The van der Waals surface area contributed by atoms with Crippen LogP contribution in [0.4, 0.5) is 11.6 Å². The Bertz CT molecular complexity index is 561. The summed E-state index contributed by atoms with van der Waals surface area (Å²) < 4.78 is 9.13. The zero-order valence-corrected chi connectivity index (χ0v) is 11.1. The second-order valence-corrected chi connectivity index (χ2v) is 4.65. The summed E-state index contributed by atoms with van der Waals surface area (Å²) in [6.45, 7) is 5.93. The molecular formula is C10H14N6O4. The largest absolute Gasteiger partial charge is 0.359 e. The first kappa shape index (κ1) is 12.5. The first-order chi connectivity index (χ1) is 9.58. The Morgan fingerprint density at radius 3 is 1.45 bits per heavy atom. The highest BCUT2D eigenvalue weighted by molar-refractivity contribution is 5.45. The van der Waals surface area contributed by atoms with Crippen molar-refractivity contribution in [2.24, 2.45) is 0 Å². The number of nitrogens with zero attached hydrogens (tertiary/aromatic N) is 6. The monoisotopic (exact) mass is 282 g/mol. The minimum absolute atomic E-state index is 0.393. The maximum absolute atomic E-state index is 11.2. The molecule has 1 aliphatic rings. The molecule has 0 spiro atoms. The van der Waals surface area contributed by atoms with Crippen LogP contribution in [0.5, 0.6) is 0 Å². The molecule has 3 rings (SSSR count). The Balaban J connectivity index is 1.71. The quantitative estimate of drug-likeness (QED) is 0.636. The van der Waals surface area contributed by atoms with Crippen LogP contribution in [0.25, 0.3) is 0 Å². The van der Waals surface area contributed by atoms with Crippen molar-refractivity contribution in [1.29, 1.82) is 0 Å². The molecule has 1 fully saturated rings. The van der Waals surface area contributed by atoms with E-state index in [1.165, 1.54) is 0 Å². The molecule has 0 amide bonds. The van der Waals surface area contributed by atoms with Crippen molar-refractivity contribution in [3.8, 4) is 0 Å². The Morgan fingerprint density at radius 1 is 0.850 bits per heavy atom. The predicted octanol–water partition coefficient (Wildman–Crippen LogP) is -1.13. The SMILES string of the molecule is Cc1c(N2CCN(c3no[n+]([O-])c3C)CC2)no[n+]1[O-]. The van der Waals surface area contributed by atoms with Crippen molar-refractivity contribution in [2.75, 3.05) is 36.0 Å². The molecule has 0 unspecified atom stereocenters. The van der Waals surface area contributed by atoms with Crippen molar-refractivity contribution in [1.82, 2.24) is 10.3 Å². The predicted molar refractivity (Wildman–Crippen MR) is 64.8 cm³/mol. The fraction of sp³-hybridized carbons (Fsp3) is 0.600. The molecule has 108 valence electrons. The lowest BCUT2D eigenvalue weighted by atomic mass is 10.3. The summed E-state index contributed by atoms with van der Waals surface area (Å²) in [4.78, 5) is 4.71. The third-order valence-corrected chi connectivity index (χ3v) is 3.48. The summed E-state index contributed by atoms with van der Waals surface area (Å²) in [6, 6.07) is 0. The standard InChI is InChI=1S/C10H14N6O4/c1-7-9(11-19-15(7)17)13-3-5-14(6-4-13)10-8(2)16(18)20-12-10/h3-6H2,1-2H3. The molecule has 0 aromatic carbocycles. The molecule has 0 N–H and O–H groups in total. The summed E-state index contributed by atoms with van der Waals surface area (Å²) in [5.74, 6) is 1.10. The number of hydrogen-bond acceptors (Lipinski definition) is 8. The Morgan fingerprint density at radius 2 is 1.20 bits per heavy atom. The van der Waals surface area contributed by atoms with Crippen LogP contribution in [-0.2, 0) is 0 Å². The van der Waals surface area contributed by atoms with Gasteiger partial charge < -0.3 is 20.2 Å². The van der Waals surface area contributed by atoms with Crippen molar-refractivity contribution < 1.29 is 19.1 Å². The number of hydrogen-bond donors (Lipinski definition) is 0. The molecule has 0 atom stereocenters. The summed E-state index contributed by atoms with van der Waals surface area (Å²) in [5.41, 5.74) is 0.877. The van der Waals surface area contributed by atoms with Gasteiger partial charge in [0.15, 0.2) is 0 Å². The van der Waals surface area contributed by atoms with E-state index in [1.807, 2.05) is 9.80 Å². The molecule has 3 heterocycles. The summed E-state index contributed by atoms with van der Waals surface area (Å²) in [6.07, 6.45) is 0. The van der Waals surface area contributed by atoms with Gasteiger partial charge in [-0.25, -0.2) is 0 Å². The van der Waals surface area contributed by atoms with Gasteiger partial charge in [0.05, 0.1) is 10.3 Å². The smallest absolute Gasteiger partial charge is 0.312 e. The van der Waals surface area contributed by atoms with E-state index in [0.717, 1.165) is 0 Å². The average molecular weight is 282 g/mol. The lowest BCUT2D eigenvalue weighted by molar-refractivity contribution is -0.806. The number of aromatic nitrogens is 4. The van der Waals surface area contributed by atoms with Crippen LogP contribution >= 0.6 is 0 Å². The van der Waals surface area contributed by atoms with E-state index in [1.54, 1.807) is 13.8 Å². The highest BCUT2D eigenvalue weighted by Crippen LogP contribution is 2.20. The molecule has 0 aliphatic carbocycles. The first-order valence-electron chi connectivity index (χ1n) is 6.20. The van der Waals surface area contributed by atoms with Crippen LogP contribution in [-0.4, -0.2) is 36.5 Å². The maximum atomic E-state index is 11.2. The van der Waals surface area contributed by atoms with Gasteiger partial charge in [0.1, 0.15) is 0 Å². The summed E-state index contributed by atoms with van der Waals surface area (Å²) >= 11 is 0. The molecule has 1 saturated heterocycles. The Kier molecular flexibility index (Phi) is 2.84. The van der Waals surface area contributed by atoms with E-state index < -0.39 is 0 Å². The van der Waals surface area contributed by atoms with Crippen molar-refractivity contribution >= 4 is 11.6 Å². The van der Waals surface area contributed by atoms with Crippen LogP contribution in [0, 0.1) is 24.3 Å². The van der Waals surface area contributed by atoms with Crippen LogP contribution in [0.1, 0.15) is 11.4 Å². The van der Waals surface area contributed by atoms with Gasteiger partial charge >= 0.3 is 11.6 Å². The molecule has 1 aliphatic heterocycles. The van der Waals surface area contributed by atoms with Gasteiger partial charge in [-0.1, -0.05) is 0 Å². The van der Waals surface area contributed by atoms with Gasteiger partial charge in [-0.05, 0) is 9.81 Å². The van der Waals surface area contributed by atoms with E-state index in [9.17, 15) is 10.4 Å². The fourth-order valence-electron chi connectivity index (χ4n) is 2.27. The minimum atomic E-state index is 0.393. The summed E-state index contributed by atoms with van der Waals surface area (Å²) in [7, 11) is 0. The van der Waals surface area contributed by atoms with E-state index in [0.29, 0.717) is 59.0 Å². The zero-order chi connectivity index (χ0) is 14.3. The first-order valence-corrected chi connectivity index (χ1v) is 6.20. The van der Waals surface area contributed by atoms with Crippen molar-refractivity contribution in [2.45, 2.75) is 13.8 Å². The van der Waals surface area contributed by atoms with Gasteiger partial charge in [-0.2, -0.15) is 0 Å². The normalized spacial score (nSPS) is 15.9. The molecular weight excluding hydrogens is 268 g/mol. The third kappa shape index (κ3) is 1.89. The van der Waals surface area contributed by atoms with Crippen LogP contribution in [0.3, 0.4) is 0 Å². The van der Waals surface area contributed by atoms with E-state index in [2.05, 4.69) is 19.6 Å². The van der Waals surface area contributed by atoms with Crippen LogP contribution in [0.2, 0.25) is 0 Å². The fourth-order valence-corrected chi connectivity index (χ4v) is 2.27. The number of anilines is 2. The highest BCUT2D eigenvalue weighted by Gasteiger charge is 2.30. The van der Waals surface area contributed by atoms with Gasteiger partial charge in [-0.15, -0.1) is 0 Å². The second-order valence-electron chi connectivity index (χ2n) is 4.65. The molecule has 20 heavy (non-hydrogen) atoms. The third-order valence-electron chi connectivity index (χ3n) is 3.48. The second kappa shape index (κ2) is 4.54. The molecule has 10 nitrogen and oxygen atoms in total. The minimum Gasteiger partial charge on any atom is -0.359 e. The maximum Gasteiger partial charge on any atom is 0.312 e. The molecule has 0 saturated carbocycles. The van der Waals surface area contributed by atoms with Gasteiger partial charge in [0.25, 0.3) is 0 Å². The summed E-state index contributed by atoms with van der Waals surface area (Å²) in [5, 5.41) is 29.9. The van der Waals surface area contributed by atoms with Gasteiger partial charge in [0, 0.05) is 40.0 Å². The Labute approximate surface area is 113 Å². The van der Waals surface area contributed by atoms with Crippen molar-refractivity contribution in [3.05, 3.63) is 21.8 Å². The number of piperazine rings is 1. The van der Waals surface area contributed by atoms with E-state index in [-0.39, 0.29) is 0 Å². The molecule has 2 aromatic rings. The van der Waals surface area contributed by atoms with E-state index in [4.69, 9.17) is 0 Å². The molecule has 2 aromatic heterocycles. The highest BCUT2D eigenvalue weighted by atomic mass is 16.8. The molecule has 10 heteroatoms. The molecule has 0 radical (unpaired) electrons. The molecule has 0 bridgehead atoms. The van der Waals surface area contributed by atoms with Crippen molar-refractivity contribution in [3.63, 3.8) is 0 Å². The zero-order valence-electron chi connectivity index (χ0n) is 11.1.